The molecule has 3 aromatic rings. The van der Waals surface area contributed by atoms with Gasteiger partial charge >= 0.3 is 0 Å². The average Bonchev–Trinajstić information content (AvgIpc) is 2.77. The van der Waals surface area contributed by atoms with Crippen LogP contribution in [0.3, 0.4) is 0 Å². The number of nitrogens with zero attached hydrogens (tertiary/aromatic N) is 1. The van der Waals surface area contributed by atoms with Crippen molar-refractivity contribution >= 4 is 22.4 Å². The number of benzene rings is 2. The second-order valence-corrected chi connectivity index (χ2v) is 10.9. The Morgan fingerprint density at radius 2 is 1.53 bits per heavy atom. The average molecular weight is 463 g/mol. The number of fused-ring (bicyclic) bond motifs is 1. The molecule has 0 spiro atoms. The van der Waals surface area contributed by atoms with Crippen molar-refractivity contribution in [3.8, 4) is 0 Å². The maximum Gasteiger partial charge on any atom is 0.258 e. The van der Waals surface area contributed by atoms with E-state index in [0.29, 0.717) is 22.9 Å². The Morgan fingerprint density at radius 3 is 2.18 bits per heavy atom. The van der Waals surface area contributed by atoms with Gasteiger partial charge in [0.05, 0.1) is 6.54 Å². The summed E-state index contributed by atoms with van der Waals surface area (Å²) in [6, 6.07) is 10.6. The molecule has 4 saturated carbocycles. The Morgan fingerprint density at radius 1 is 0.912 bits per heavy atom. The fraction of sp³-hybridized carbons (Fsp3) is 0.429. The molecule has 4 aliphatic carbocycles. The van der Waals surface area contributed by atoms with Crippen LogP contribution in [0.4, 0.5) is 14.5 Å². The van der Waals surface area contributed by atoms with Crippen molar-refractivity contribution in [3.63, 3.8) is 0 Å². The van der Waals surface area contributed by atoms with Crippen LogP contribution in [-0.2, 0) is 11.3 Å². The lowest BCUT2D eigenvalue weighted by atomic mass is 9.49. The third-order valence-electron chi connectivity index (χ3n) is 8.38. The summed E-state index contributed by atoms with van der Waals surface area (Å²) in [7, 11) is 0. The number of hydrogen-bond donors (Lipinski definition) is 1. The Kier molecular flexibility index (Phi) is 5.08. The molecule has 4 fully saturated rings. The van der Waals surface area contributed by atoms with Crippen LogP contribution in [-0.4, -0.2) is 10.5 Å². The smallest absolute Gasteiger partial charge is 0.258 e. The van der Waals surface area contributed by atoms with Crippen molar-refractivity contribution in [2.24, 2.45) is 23.2 Å². The molecule has 0 unspecified atom stereocenters. The zero-order chi connectivity index (χ0) is 23.4. The van der Waals surface area contributed by atoms with Crippen molar-refractivity contribution in [1.29, 1.82) is 0 Å². The van der Waals surface area contributed by atoms with Crippen molar-refractivity contribution in [1.82, 2.24) is 4.57 Å². The summed E-state index contributed by atoms with van der Waals surface area (Å²) < 4.78 is 29.5. The summed E-state index contributed by atoms with van der Waals surface area (Å²) in [6.07, 6.45) is 9.59. The first-order valence-electron chi connectivity index (χ1n) is 12.2. The van der Waals surface area contributed by atoms with Gasteiger partial charge in [-0.3, -0.25) is 9.59 Å². The highest BCUT2D eigenvalue weighted by atomic mass is 19.1. The van der Waals surface area contributed by atoms with E-state index < -0.39 is 11.6 Å². The van der Waals surface area contributed by atoms with Crippen LogP contribution in [0.5, 0.6) is 0 Å². The van der Waals surface area contributed by atoms with E-state index in [1.54, 1.807) is 24.3 Å². The summed E-state index contributed by atoms with van der Waals surface area (Å²) in [5.74, 6) is 1.00. The first-order valence-corrected chi connectivity index (χ1v) is 12.2. The summed E-state index contributed by atoms with van der Waals surface area (Å²) in [5.41, 5.74) is 0.245. The molecule has 1 heterocycles. The van der Waals surface area contributed by atoms with Crippen LogP contribution in [0.1, 0.15) is 50.5 Å². The fourth-order valence-electron chi connectivity index (χ4n) is 7.45. The van der Waals surface area contributed by atoms with Gasteiger partial charge in [0, 0.05) is 34.6 Å². The third kappa shape index (κ3) is 3.73. The lowest BCUT2D eigenvalue weighted by molar-refractivity contribution is -0.124. The zero-order valence-corrected chi connectivity index (χ0v) is 19.0. The molecule has 176 valence electrons. The molecule has 1 aromatic heterocycles. The lowest BCUT2D eigenvalue weighted by Crippen LogP contribution is -2.47. The summed E-state index contributed by atoms with van der Waals surface area (Å²) in [4.78, 5) is 26.2. The zero-order valence-electron chi connectivity index (χ0n) is 19.0. The van der Waals surface area contributed by atoms with Gasteiger partial charge in [0.2, 0.25) is 5.91 Å². The lowest BCUT2D eigenvalue weighted by Gasteiger charge is -2.56. The van der Waals surface area contributed by atoms with E-state index in [-0.39, 0.29) is 29.0 Å². The molecule has 4 bridgehead atoms. The Labute approximate surface area is 197 Å². The number of rotatable bonds is 5. The van der Waals surface area contributed by atoms with Gasteiger partial charge in [0.25, 0.3) is 5.56 Å². The summed E-state index contributed by atoms with van der Waals surface area (Å²) in [6.45, 7) is -0.199. The van der Waals surface area contributed by atoms with E-state index in [1.807, 2.05) is 0 Å². The van der Waals surface area contributed by atoms with Crippen molar-refractivity contribution in [2.45, 2.75) is 51.5 Å². The molecule has 0 radical (unpaired) electrons. The molecule has 4 aliphatic rings. The molecule has 1 N–H and O–H groups in total. The summed E-state index contributed by atoms with van der Waals surface area (Å²) in [5, 5.41) is 4.11. The highest BCUT2D eigenvalue weighted by Crippen LogP contribution is 2.61. The number of hydrogen-bond acceptors (Lipinski definition) is 2. The van der Waals surface area contributed by atoms with E-state index in [1.165, 1.54) is 67.5 Å². The van der Waals surface area contributed by atoms with Gasteiger partial charge in [0.15, 0.2) is 0 Å². The van der Waals surface area contributed by atoms with Crippen molar-refractivity contribution < 1.29 is 13.6 Å². The van der Waals surface area contributed by atoms with Crippen LogP contribution in [0.25, 0.3) is 10.8 Å². The van der Waals surface area contributed by atoms with E-state index >= 15 is 0 Å². The Balaban J connectivity index is 1.25. The van der Waals surface area contributed by atoms with Gasteiger partial charge < -0.3 is 9.88 Å². The van der Waals surface area contributed by atoms with Gasteiger partial charge in [-0.25, -0.2) is 8.78 Å². The number of halogens is 2. The molecular weight excluding hydrogens is 434 g/mol. The van der Waals surface area contributed by atoms with Crippen LogP contribution in [0, 0.1) is 34.8 Å². The van der Waals surface area contributed by atoms with Gasteiger partial charge in [-0.2, -0.15) is 0 Å². The van der Waals surface area contributed by atoms with Gasteiger partial charge in [0.1, 0.15) is 11.6 Å². The van der Waals surface area contributed by atoms with Crippen molar-refractivity contribution in [3.05, 3.63) is 76.2 Å². The quantitative estimate of drug-likeness (QED) is 0.515. The molecule has 4 nitrogen and oxygen atoms in total. The van der Waals surface area contributed by atoms with Gasteiger partial charge in [-0.15, -0.1) is 0 Å². The van der Waals surface area contributed by atoms with E-state index in [4.69, 9.17) is 0 Å². The molecule has 0 aliphatic heterocycles. The van der Waals surface area contributed by atoms with Crippen molar-refractivity contribution in [2.75, 3.05) is 5.32 Å². The molecule has 0 atom stereocenters. The first kappa shape index (κ1) is 21.5. The minimum Gasteiger partial charge on any atom is -0.325 e. The topological polar surface area (TPSA) is 51.1 Å². The van der Waals surface area contributed by atoms with Crippen LogP contribution < -0.4 is 10.9 Å². The van der Waals surface area contributed by atoms with E-state index in [9.17, 15) is 18.4 Å². The second-order valence-electron chi connectivity index (χ2n) is 10.9. The number of pyridine rings is 1. The number of aromatic nitrogens is 1. The number of carbonyl (C=O) groups excluding carboxylic acids is 1. The SMILES string of the molecule is O=C(CC12CC3CC(CC(C3)C1)C2)Nc1cccc2c(=O)n(Cc3c(F)cccc3F)ccc12. The number of carbonyl (C=O) groups is 1. The van der Waals surface area contributed by atoms with Gasteiger partial charge in [-0.05, 0) is 92.0 Å². The fourth-order valence-corrected chi connectivity index (χ4v) is 7.45. The van der Waals surface area contributed by atoms with Gasteiger partial charge in [-0.1, -0.05) is 12.1 Å². The highest BCUT2D eigenvalue weighted by molar-refractivity contribution is 6.02. The molecule has 1 amide bonds. The molecule has 6 heteroatoms. The highest BCUT2D eigenvalue weighted by Gasteiger charge is 2.51. The van der Waals surface area contributed by atoms with E-state index in [2.05, 4.69) is 5.32 Å². The predicted octanol–water partition coefficient (Wildman–Crippen LogP) is 5.87. The maximum atomic E-state index is 14.1. The molecular formula is C28H28F2N2O2. The van der Waals surface area contributed by atoms with Crippen LogP contribution in [0.2, 0.25) is 0 Å². The minimum atomic E-state index is -0.683. The molecule has 2 aromatic carbocycles. The van der Waals surface area contributed by atoms with E-state index in [0.717, 1.165) is 17.8 Å². The largest absolute Gasteiger partial charge is 0.325 e. The maximum absolute atomic E-state index is 14.1. The standard InChI is InChI=1S/C28H28F2N2O2/c29-23-4-2-5-24(30)22(23)16-32-8-7-20-21(27(32)34)3-1-6-25(20)31-26(33)15-28-12-17-9-18(13-28)11-19(10-17)14-28/h1-8,17-19H,9-16H2,(H,31,33). The summed E-state index contributed by atoms with van der Waals surface area (Å²) >= 11 is 0. The number of amides is 1. The normalized spacial score (nSPS) is 27.3. The monoisotopic (exact) mass is 462 g/mol. The van der Waals surface area contributed by atoms with Crippen LogP contribution in [0.15, 0.2) is 53.5 Å². The Hall–Kier alpha value is -3.02. The first-order chi connectivity index (χ1) is 16.4. The van der Waals surface area contributed by atoms with Crippen LogP contribution >= 0.6 is 0 Å². The number of anilines is 1. The molecule has 0 saturated heterocycles. The predicted molar refractivity (Wildman–Crippen MR) is 128 cm³/mol. The Bertz CT molecular complexity index is 1290. The second kappa shape index (κ2) is 8.03. The molecule has 34 heavy (non-hydrogen) atoms. The third-order valence-corrected chi connectivity index (χ3v) is 8.38. The number of nitrogens with one attached hydrogen (secondary N) is 1. The molecule has 7 rings (SSSR count). The minimum absolute atomic E-state index is 0.00653.